The van der Waals surface area contributed by atoms with E-state index in [1.54, 1.807) is 6.20 Å². The summed E-state index contributed by atoms with van der Waals surface area (Å²) in [6, 6.07) is 4.00. The fraction of sp³-hybridized carbons (Fsp3) is 0.455. The van der Waals surface area contributed by atoms with Gasteiger partial charge in [0.1, 0.15) is 0 Å². The van der Waals surface area contributed by atoms with Gasteiger partial charge in [0.25, 0.3) is 0 Å². The van der Waals surface area contributed by atoms with Crippen LogP contribution in [0.15, 0.2) is 29.5 Å². The van der Waals surface area contributed by atoms with Gasteiger partial charge in [0.2, 0.25) is 0 Å². The molecule has 2 N–H and O–H groups in total. The summed E-state index contributed by atoms with van der Waals surface area (Å²) in [5.74, 6) is 0.913. The molecule has 4 nitrogen and oxygen atoms in total. The molecule has 0 bridgehead atoms. The largest absolute Gasteiger partial charge is 0.356 e. The highest BCUT2D eigenvalue weighted by molar-refractivity contribution is 14.0. The number of halogens is 1. The highest BCUT2D eigenvalue weighted by Crippen LogP contribution is 1.96. The summed E-state index contributed by atoms with van der Waals surface area (Å²) in [6.07, 6.45) is 6.02. The summed E-state index contributed by atoms with van der Waals surface area (Å²) >= 11 is 0. The molecule has 0 aliphatic carbocycles. The first-order chi connectivity index (χ1) is 7.45. The molecule has 5 heteroatoms. The predicted octanol–water partition coefficient (Wildman–Crippen LogP) is 1.53. The van der Waals surface area contributed by atoms with E-state index in [0.717, 1.165) is 25.6 Å². The average molecular weight is 332 g/mol. The van der Waals surface area contributed by atoms with E-state index in [4.69, 9.17) is 0 Å². The minimum Gasteiger partial charge on any atom is -0.356 e. The Hall–Kier alpha value is -0.850. The van der Waals surface area contributed by atoms with E-state index in [-0.39, 0.29) is 24.0 Å². The maximum atomic E-state index is 4.41. The van der Waals surface area contributed by atoms with E-state index in [1.807, 2.05) is 12.3 Å². The van der Waals surface area contributed by atoms with Gasteiger partial charge in [-0.3, -0.25) is 9.98 Å². The van der Waals surface area contributed by atoms with E-state index < -0.39 is 0 Å². The van der Waals surface area contributed by atoms with Crippen LogP contribution in [0.25, 0.3) is 0 Å². The molecule has 0 amide bonds. The zero-order valence-electron chi connectivity index (χ0n) is 9.15. The fourth-order valence-corrected chi connectivity index (χ4v) is 1.50. The van der Waals surface area contributed by atoms with Gasteiger partial charge < -0.3 is 10.6 Å². The highest BCUT2D eigenvalue weighted by Gasteiger charge is 2.01. The first-order valence-electron chi connectivity index (χ1n) is 5.36. The van der Waals surface area contributed by atoms with Crippen molar-refractivity contribution in [1.82, 2.24) is 15.6 Å². The number of nitrogens with one attached hydrogen (secondary N) is 2. The van der Waals surface area contributed by atoms with Gasteiger partial charge in [-0.25, -0.2) is 0 Å². The number of rotatable bonds is 2. The van der Waals surface area contributed by atoms with Gasteiger partial charge in [-0.2, -0.15) is 0 Å². The molecule has 0 saturated carbocycles. The number of guanidine groups is 1. The molecule has 0 spiro atoms. The summed E-state index contributed by atoms with van der Waals surface area (Å²) < 4.78 is 0. The molecule has 2 rings (SSSR count). The monoisotopic (exact) mass is 332 g/mol. The molecule has 0 fully saturated rings. The molecule has 0 radical (unpaired) electrons. The number of hydrogen-bond donors (Lipinski definition) is 2. The van der Waals surface area contributed by atoms with Crippen molar-refractivity contribution in [3.05, 3.63) is 30.1 Å². The van der Waals surface area contributed by atoms with E-state index in [0.29, 0.717) is 0 Å². The minimum atomic E-state index is 0. The van der Waals surface area contributed by atoms with Crippen molar-refractivity contribution in [3.8, 4) is 0 Å². The van der Waals surface area contributed by atoms with Gasteiger partial charge >= 0.3 is 0 Å². The fourth-order valence-electron chi connectivity index (χ4n) is 1.50. The zero-order chi connectivity index (χ0) is 10.3. The molecule has 16 heavy (non-hydrogen) atoms. The first kappa shape index (κ1) is 13.2. The Morgan fingerprint density at radius 3 is 3.12 bits per heavy atom. The molecule has 1 aliphatic rings. The summed E-state index contributed by atoms with van der Waals surface area (Å²) in [4.78, 5) is 8.48. The molecule has 1 aliphatic heterocycles. The minimum absolute atomic E-state index is 0. The SMILES string of the molecule is I.c1cncc(CNC2=NCCCCN2)c1. The zero-order valence-corrected chi connectivity index (χ0v) is 11.5. The number of hydrogen-bond acceptors (Lipinski definition) is 4. The second-order valence-electron chi connectivity index (χ2n) is 3.58. The summed E-state index contributed by atoms with van der Waals surface area (Å²) in [7, 11) is 0. The summed E-state index contributed by atoms with van der Waals surface area (Å²) in [5.41, 5.74) is 1.17. The van der Waals surface area contributed by atoms with Crippen LogP contribution in [0.5, 0.6) is 0 Å². The molecular formula is C11H17IN4. The molecule has 0 aromatic carbocycles. The lowest BCUT2D eigenvalue weighted by Gasteiger charge is -2.09. The van der Waals surface area contributed by atoms with Gasteiger partial charge in [0.05, 0.1) is 0 Å². The normalized spacial score (nSPS) is 15.1. The van der Waals surface area contributed by atoms with Crippen molar-refractivity contribution < 1.29 is 0 Å². The van der Waals surface area contributed by atoms with E-state index >= 15 is 0 Å². The smallest absolute Gasteiger partial charge is 0.191 e. The van der Waals surface area contributed by atoms with Gasteiger partial charge in [0, 0.05) is 32.0 Å². The van der Waals surface area contributed by atoms with Crippen molar-refractivity contribution in [2.24, 2.45) is 4.99 Å². The molecule has 0 saturated heterocycles. The third-order valence-electron chi connectivity index (χ3n) is 2.33. The van der Waals surface area contributed by atoms with Gasteiger partial charge in [0.15, 0.2) is 5.96 Å². The Bertz CT molecular complexity index is 326. The molecule has 2 heterocycles. The Morgan fingerprint density at radius 2 is 2.31 bits per heavy atom. The van der Waals surface area contributed by atoms with Crippen LogP contribution in [0.3, 0.4) is 0 Å². The van der Waals surface area contributed by atoms with E-state index in [9.17, 15) is 0 Å². The second kappa shape index (κ2) is 7.43. The highest BCUT2D eigenvalue weighted by atomic mass is 127. The Balaban J connectivity index is 0.00000128. The number of aromatic nitrogens is 1. The van der Waals surface area contributed by atoms with Crippen LogP contribution in [-0.2, 0) is 6.54 Å². The number of nitrogens with zero attached hydrogens (tertiary/aromatic N) is 2. The van der Waals surface area contributed by atoms with Crippen molar-refractivity contribution in [2.75, 3.05) is 13.1 Å². The predicted molar refractivity (Wildman–Crippen MR) is 76.0 cm³/mol. The van der Waals surface area contributed by atoms with Crippen LogP contribution in [0.4, 0.5) is 0 Å². The van der Waals surface area contributed by atoms with E-state index in [1.165, 1.54) is 18.4 Å². The second-order valence-corrected chi connectivity index (χ2v) is 3.58. The Morgan fingerprint density at radius 1 is 1.38 bits per heavy atom. The first-order valence-corrected chi connectivity index (χ1v) is 5.36. The van der Waals surface area contributed by atoms with Crippen LogP contribution >= 0.6 is 24.0 Å². The van der Waals surface area contributed by atoms with Crippen molar-refractivity contribution in [1.29, 1.82) is 0 Å². The quantitative estimate of drug-likeness (QED) is 0.808. The lowest BCUT2D eigenvalue weighted by Crippen LogP contribution is -2.36. The Kier molecular flexibility index (Phi) is 6.14. The third kappa shape index (κ3) is 4.34. The van der Waals surface area contributed by atoms with Gasteiger partial charge in [-0.1, -0.05) is 6.07 Å². The molecule has 0 atom stereocenters. The van der Waals surface area contributed by atoms with Crippen molar-refractivity contribution in [2.45, 2.75) is 19.4 Å². The van der Waals surface area contributed by atoms with Crippen LogP contribution in [-0.4, -0.2) is 24.0 Å². The van der Waals surface area contributed by atoms with Crippen molar-refractivity contribution in [3.63, 3.8) is 0 Å². The van der Waals surface area contributed by atoms with Crippen LogP contribution in [0.1, 0.15) is 18.4 Å². The molecular weight excluding hydrogens is 315 g/mol. The maximum absolute atomic E-state index is 4.41. The summed E-state index contributed by atoms with van der Waals surface area (Å²) in [5, 5.41) is 6.55. The molecule has 1 aromatic heterocycles. The Labute approximate surface area is 113 Å². The van der Waals surface area contributed by atoms with Crippen LogP contribution in [0, 0.1) is 0 Å². The van der Waals surface area contributed by atoms with Crippen LogP contribution in [0.2, 0.25) is 0 Å². The van der Waals surface area contributed by atoms with Gasteiger partial charge in [-0.15, -0.1) is 24.0 Å². The lowest BCUT2D eigenvalue weighted by molar-refractivity contribution is 0.742. The van der Waals surface area contributed by atoms with Crippen molar-refractivity contribution >= 4 is 29.9 Å². The van der Waals surface area contributed by atoms with Crippen LogP contribution < -0.4 is 10.6 Å². The molecule has 0 unspecified atom stereocenters. The van der Waals surface area contributed by atoms with Gasteiger partial charge in [-0.05, 0) is 24.5 Å². The molecule has 1 aromatic rings. The summed E-state index contributed by atoms with van der Waals surface area (Å²) in [6.45, 7) is 2.71. The average Bonchev–Trinajstić information content (AvgIpc) is 2.56. The number of aliphatic imine (C=N–C) groups is 1. The maximum Gasteiger partial charge on any atom is 0.191 e. The standard InChI is InChI=1S/C11H16N4.HI/c1-2-7-14-11(13-6-1)15-9-10-4-3-5-12-8-10;/h3-5,8H,1-2,6-7,9H2,(H2,13,14,15);1H. The third-order valence-corrected chi connectivity index (χ3v) is 2.33. The lowest BCUT2D eigenvalue weighted by atomic mass is 10.3. The van der Waals surface area contributed by atoms with E-state index in [2.05, 4.69) is 26.7 Å². The molecule has 88 valence electrons. The number of pyridine rings is 1. The topological polar surface area (TPSA) is 49.3 Å².